The second-order valence-corrected chi connectivity index (χ2v) is 8.29. The lowest BCUT2D eigenvalue weighted by atomic mass is 10.0. The number of rotatable bonds is 5. The van der Waals surface area contributed by atoms with Crippen molar-refractivity contribution in [2.45, 2.75) is 25.0 Å². The number of hydrogen-bond donors (Lipinski definition) is 2. The molecule has 0 amide bonds. The van der Waals surface area contributed by atoms with Crippen LogP contribution in [0.15, 0.2) is 42.7 Å². The van der Waals surface area contributed by atoms with Gasteiger partial charge in [-0.25, -0.2) is 9.37 Å². The Morgan fingerprint density at radius 3 is 2.71 bits per heavy atom. The number of β-amino-alcohol motifs (C(OH)–C–C–N with tert-alkyl or cyclic N) is 1. The van der Waals surface area contributed by atoms with Crippen LogP contribution < -0.4 is 19.5 Å². The van der Waals surface area contributed by atoms with Gasteiger partial charge in [-0.05, 0) is 62.8 Å². The maximum Gasteiger partial charge on any atom is 0.257 e. The predicted molar refractivity (Wildman–Crippen MR) is 127 cm³/mol. The van der Waals surface area contributed by atoms with Gasteiger partial charge in [0.15, 0.2) is 11.6 Å². The normalized spacial score (nSPS) is 17.1. The highest BCUT2D eigenvalue weighted by atomic mass is 19.1. The summed E-state index contributed by atoms with van der Waals surface area (Å²) in [5, 5.41) is 14.6. The number of halogens is 1. The Morgan fingerprint density at radius 2 is 1.97 bits per heavy atom. The van der Waals surface area contributed by atoms with Gasteiger partial charge in [-0.1, -0.05) is 0 Å². The number of nitrogens with one attached hydrogen (secondary N) is 1. The van der Waals surface area contributed by atoms with Gasteiger partial charge in [0.2, 0.25) is 0 Å². The highest BCUT2D eigenvalue weighted by Crippen LogP contribution is 2.30. The lowest BCUT2D eigenvalue weighted by Gasteiger charge is -2.33. The van der Waals surface area contributed by atoms with E-state index in [0.717, 1.165) is 31.7 Å². The van der Waals surface area contributed by atoms with Gasteiger partial charge in [-0.2, -0.15) is 0 Å². The monoisotopic (exact) mass is 470 g/mol. The number of aromatic nitrogens is 2. The van der Waals surface area contributed by atoms with E-state index in [4.69, 9.17) is 14.2 Å². The number of methoxy groups -OCH3 is 1. The molecule has 1 aromatic carbocycles. The molecule has 2 aliphatic heterocycles. The van der Waals surface area contributed by atoms with E-state index in [1.54, 1.807) is 24.5 Å². The van der Waals surface area contributed by atoms with E-state index in [1.807, 2.05) is 19.2 Å². The van der Waals surface area contributed by atoms with Crippen LogP contribution >= 0.6 is 0 Å². The van der Waals surface area contributed by atoms with E-state index in [1.165, 1.54) is 13.2 Å². The van der Waals surface area contributed by atoms with Crippen LogP contribution in [0, 0.1) is 5.82 Å². The SMILES string of the molecule is CNC1CCN(CC(O)c2ccnc3c(F)cc(OC)cc23)CC1.c1cnc2c(c1)OCCO2. The number of benzene rings is 1. The minimum absolute atomic E-state index is 0.265. The fourth-order valence-electron chi connectivity index (χ4n) is 4.25. The van der Waals surface area contributed by atoms with Gasteiger partial charge in [0.25, 0.3) is 5.88 Å². The molecule has 0 spiro atoms. The molecule has 0 radical (unpaired) electrons. The van der Waals surface area contributed by atoms with Crippen molar-refractivity contribution >= 4 is 10.9 Å². The molecule has 2 N–H and O–H groups in total. The van der Waals surface area contributed by atoms with Crippen LogP contribution in [0.2, 0.25) is 0 Å². The first-order valence-electron chi connectivity index (χ1n) is 11.5. The van der Waals surface area contributed by atoms with Crippen LogP contribution in [0.3, 0.4) is 0 Å². The average molecular weight is 471 g/mol. The van der Waals surface area contributed by atoms with Crippen molar-refractivity contribution in [3.63, 3.8) is 0 Å². The summed E-state index contributed by atoms with van der Waals surface area (Å²) in [5.41, 5.74) is 0.954. The molecule has 5 rings (SSSR count). The third-order valence-electron chi connectivity index (χ3n) is 6.14. The Kier molecular flexibility index (Phi) is 8.10. The van der Waals surface area contributed by atoms with Crippen molar-refractivity contribution in [3.8, 4) is 17.4 Å². The van der Waals surface area contributed by atoms with Gasteiger partial charge in [0.1, 0.15) is 24.5 Å². The molecule has 9 heteroatoms. The van der Waals surface area contributed by atoms with Crippen molar-refractivity contribution in [2.24, 2.45) is 0 Å². The van der Waals surface area contributed by atoms with Crippen LogP contribution in [0.4, 0.5) is 4.39 Å². The van der Waals surface area contributed by atoms with Crippen molar-refractivity contribution in [1.82, 2.24) is 20.2 Å². The Morgan fingerprint density at radius 1 is 1.18 bits per heavy atom. The van der Waals surface area contributed by atoms with Crippen molar-refractivity contribution in [1.29, 1.82) is 0 Å². The Labute approximate surface area is 198 Å². The standard InChI is InChI=1S/C18H24FN3O2.C7H7NO2/c1-20-12-4-7-22(8-5-12)11-17(23)14-3-6-21-18-15(14)9-13(24-2)10-16(18)19;1-2-6-7(8-3-1)10-5-4-9-6/h3,6,9-10,12,17,20,23H,4-5,7-8,11H2,1-2H3;1-3H,4-5H2. The molecule has 0 saturated carbocycles. The van der Waals surface area contributed by atoms with Crippen molar-refractivity contribution < 1.29 is 23.7 Å². The van der Waals surface area contributed by atoms with Gasteiger partial charge < -0.3 is 29.5 Å². The molecule has 1 saturated heterocycles. The molecule has 2 aromatic heterocycles. The van der Waals surface area contributed by atoms with E-state index < -0.39 is 11.9 Å². The zero-order chi connectivity index (χ0) is 23.9. The maximum atomic E-state index is 14.2. The molecule has 2 aliphatic rings. The molecule has 1 unspecified atom stereocenters. The molecule has 1 fully saturated rings. The van der Waals surface area contributed by atoms with E-state index in [9.17, 15) is 9.50 Å². The second kappa shape index (κ2) is 11.4. The number of aliphatic hydroxyl groups excluding tert-OH is 1. The lowest BCUT2D eigenvalue weighted by Crippen LogP contribution is -2.42. The second-order valence-electron chi connectivity index (χ2n) is 8.29. The predicted octanol–water partition coefficient (Wildman–Crippen LogP) is 2.95. The zero-order valence-electron chi connectivity index (χ0n) is 19.5. The number of hydrogen-bond acceptors (Lipinski definition) is 8. The van der Waals surface area contributed by atoms with Gasteiger partial charge in [-0.15, -0.1) is 0 Å². The minimum Gasteiger partial charge on any atom is -0.497 e. The topological polar surface area (TPSA) is 89.0 Å². The van der Waals surface area contributed by atoms with Crippen LogP contribution in [-0.2, 0) is 0 Å². The Hall–Kier alpha value is -3.01. The summed E-state index contributed by atoms with van der Waals surface area (Å²) in [7, 11) is 3.49. The van der Waals surface area contributed by atoms with E-state index in [2.05, 4.69) is 20.2 Å². The number of piperidine rings is 1. The fourth-order valence-corrected chi connectivity index (χ4v) is 4.25. The number of pyridine rings is 2. The molecular weight excluding hydrogens is 439 g/mol. The summed E-state index contributed by atoms with van der Waals surface area (Å²) < 4.78 is 29.7. The van der Waals surface area contributed by atoms with Crippen LogP contribution in [0.25, 0.3) is 10.9 Å². The van der Waals surface area contributed by atoms with Gasteiger partial charge >= 0.3 is 0 Å². The molecule has 182 valence electrons. The smallest absolute Gasteiger partial charge is 0.257 e. The first-order valence-corrected chi connectivity index (χ1v) is 11.5. The average Bonchev–Trinajstić information content (AvgIpc) is 2.89. The maximum absolute atomic E-state index is 14.2. The third-order valence-corrected chi connectivity index (χ3v) is 6.14. The van der Waals surface area contributed by atoms with Crippen molar-refractivity contribution in [3.05, 3.63) is 54.1 Å². The van der Waals surface area contributed by atoms with Gasteiger partial charge in [0.05, 0.1) is 13.2 Å². The Bertz CT molecular complexity index is 1070. The molecule has 1 atom stereocenters. The first kappa shape index (κ1) is 24.1. The highest BCUT2D eigenvalue weighted by Gasteiger charge is 2.22. The third kappa shape index (κ3) is 5.72. The lowest BCUT2D eigenvalue weighted by molar-refractivity contribution is 0.0959. The summed E-state index contributed by atoms with van der Waals surface area (Å²) in [6.45, 7) is 3.66. The molecule has 0 bridgehead atoms. The summed E-state index contributed by atoms with van der Waals surface area (Å²) in [6, 6.07) is 9.03. The van der Waals surface area contributed by atoms with Crippen LogP contribution in [-0.4, -0.2) is 73.0 Å². The molecule has 0 aliphatic carbocycles. The van der Waals surface area contributed by atoms with Gasteiger partial charge in [0, 0.05) is 36.4 Å². The van der Waals surface area contributed by atoms with Gasteiger partial charge in [-0.3, -0.25) is 4.98 Å². The number of ether oxygens (including phenoxy) is 3. The van der Waals surface area contributed by atoms with Crippen LogP contribution in [0.5, 0.6) is 17.4 Å². The van der Waals surface area contributed by atoms with E-state index in [0.29, 0.717) is 48.4 Å². The number of aliphatic hydroxyl groups is 1. The molecule has 8 nitrogen and oxygen atoms in total. The summed E-state index contributed by atoms with van der Waals surface area (Å²) in [6.07, 6.45) is 4.69. The largest absolute Gasteiger partial charge is 0.497 e. The number of fused-ring (bicyclic) bond motifs is 2. The minimum atomic E-state index is -0.687. The molecule has 4 heterocycles. The van der Waals surface area contributed by atoms with Crippen molar-refractivity contribution in [2.75, 3.05) is 47.0 Å². The van der Waals surface area contributed by atoms with E-state index in [-0.39, 0.29) is 5.52 Å². The summed E-state index contributed by atoms with van der Waals surface area (Å²) >= 11 is 0. The summed E-state index contributed by atoms with van der Waals surface area (Å²) in [5.74, 6) is 1.34. The summed E-state index contributed by atoms with van der Waals surface area (Å²) in [4.78, 5) is 10.3. The zero-order valence-corrected chi connectivity index (χ0v) is 19.5. The number of nitrogens with zero attached hydrogens (tertiary/aromatic N) is 3. The molecule has 3 aromatic rings. The number of likely N-dealkylation sites (tertiary alicyclic amines) is 1. The molecular formula is C25H31FN4O4. The highest BCUT2D eigenvalue weighted by molar-refractivity contribution is 5.84. The quantitative estimate of drug-likeness (QED) is 0.589. The fraction of sp³-hybridized carbons (Fsp3) is 0.440. The Balaban J connectivity index is 0.000000226. The van der Waals surface area contributed by atoms with E-state index >= 15 is 0 Å². The molecule has 34 heavy (non-hydrogen) atoms. The first-order chi connectivity index (χ1) is 16.6. The van der Waals surface area contributed by atoms with Crippen LogP contribution in [0.1, 0.15) is 24.5 Å².